The number of rotatable bonds is 8. The van der Waals surface area contributed by atoms with Gasteiger partial charge in [-0.2, -0.15) is 0 Å². The average molecular weight is 268 g/mol. The molecule has 6 nitrogen and oxygen atoms in total. The van der Waals surface area contributed by atoms with Gasteiger partial charge in [-0.1, -0.05) is 0 Å². The summed E-state index contributed by atoms with van der Waals surface area (Å²) in [6, 6.07) is 3.31. The van der Waals surface area contributed by atoms with E-state index < -0.39 is 5.97 Å². The normalized spacial score (nSPS) is 10.4. The van der Waals surface area contributed by atoms with E-state index in [2.05, 4.69) is 0 Å². The number of amides is 1. The first-order valence-electron chi connectivity index (χ1n) is 6.34. The number of hydrogen-bond acceptors (Lipinski definition) is 3. The summed E-state index contributed by atoms with van der Waals surface area (Å²) in [4.78, 5) is 24.7. The van der Waals surface area contributed by atoms with E-state index >= 15 is 0 Å². The Morgan fingerprint density at radius 3 is 2.74 bits per heavy atom. The minimum atomic E-state index is -0.970. The molecule has 0 bridgehead atoms. The number of carboxylic acids is 1. The highest BCUT2D eigenvalue weighted by Gasteiger charge is 2.18. The molecule has 0 aliphatic heterocycles. The van der Waals surface area contributed by atoms with Crippen LogP contribution < -0.4 is 0 Å². The largest absolute Gasteiger partial charge is 0.480 e. The van der Waals surface area contributed by atoms with Crippen molar-refractivity contribution in [2.24, 2.45) is 0 Å². The molecule has 1 rings (SSSR count). The highest BCUT2D eigenvalue weighted by atomic mass is 16.5. The molecule has 0 aliphatic carbocycles. The van der Waals surface area contributed by atoms with Crippen molar-refractivity contribution < 1.29 is 19.4 Å². The van der Waals surface area contributed by atoms with Crippen LogP contribution in [0, 0.1) is 0 Å². The number of hydrogen-bond donors (Lipinski definition) is 1. The van der Waals surface area contributed by atoms with Crippen LogP contribution in [-0.2, 0) is 16.1 Å². The van der Waals surface area contributed by atoms with E-state index in [-0.39, 0.29) is 12.5 Å². The smallest absolute Gasteiger partial charge is 0.323 e. The second-order valence-electron chi connectivity index (χ2n) is 4.00. The fraction of sp³-hybridized carbons (Fsp3) is 0.538. The highest BCUT2D eigenvalue weighted by Crippen LogP contribution is 2.07. The Bertz CT molecular complexity index is 428. The third-order valence-corrected chi connectivity index (χ3v) is 2.73. The van der Waals surface area contributed by atoms with E-state index in [0.717, 1.165) is 0 Å². The molecular weight excluding hydrogens is 248 g/mol. The van der Waals surface area contributed by atoms with E-state index in [1.165, 1.54) is 4.57 Å². The maximum atomic E-state index is 12.3. The number of carbonyl (C=O) groups is 2. The average Bonchev–Trinajstić information content (AvgIpc) is 2.81. The minimum Gasteiger partial charge on any atom is -0.480 e. The van der Waals surface area contributed by atoms with Gasteiger partial charge in [-0.25, -0.2) is 0 Å². The monoisotopic (exact) mass is 268 g/mol. The van der Waals surface area contributed by atoms with Gasteiger partial charge in [0, 0.05) is 25.9 Å². The molecule has 0 spiro atoms. The van der Waals surface area contributed by atoms with E-state index in [4.69, 9.17) is 9.84 Å². The molecule has 0 unspecified atom stereocenters. The minimum absolute atomic E-state index is 0.173. The Morgan fingerprint density at radius 1 is 1.42 bits per heavy atom. The Labute approximate surface area is 112 Å². The van der Waals surface area contributed by atoms with Gasteiger partial charge in [0.05, 0.1) is 6.61 Å². The maximum Gasteiger partial charge on any atom is 0.323 e. The van der Waals surface area contributed by atoms with Crippen LogP contribution >= 0.6 is 0 Å². The first kappa shape index (κ1) is 15.2. The van der Waals surface area contributed by atoms with Gasteiger partial charge in [0.2, 0.25) is 0 Å². The van der Waals surface area contributed by atoms with Crippen LogP contribution in [0.15, 0.2) is 18.3 Å². The van der Waals surface area contributed by atoms with Gasteiger partial charge in [0.25, 0.3) is 5.91 Å². The molecule has 6 heteroatoms. The van der Waals surface area contributed by atoms with Crippen molar-refractivity contribution in [1.82, 2.24) is 9.47 Å². The van der Waals surface area contributed by atoms with Crippen LogP contribution in [-0.4, -0.2) is 52.8 Å². The molecule has 1 aromatic rings. The Hall–Kier alpha value is -1.82. The predicted molar refractivity (Wildman–Crippen MR) is 70.1 cm³/mol. The van der Waals surface area contributed by atoms with Gasteiger partial charge in [-0.3, -0.25) is 9.59 Å². The predicted octanol–water partition coefficient (Wildman–Crippen LogP) is 1.07. The molecule has 0 saturated carbocycles. The molecule has 106 valence electrons. The SMILES string of the molecule is CCOCCN(CC)C(=O)c1cccn1CC(=O)O. The molecular formula is C13H20N2O4. The first-order chi connectivity index (χ1) is 9.10. The lowest BCUT2D eigenvalue weighted by molar-refractivity contribution is -0.137. The molecule has 1 heterocycles. The molecule has 0 saturated heterocycles. The summed E-state index contributed by atoms with van der Waals surface area (Å²) >= 11 is 0. The molecule has 0 aromatic carbocycles. The Kier molecular flexibility index (Phi) is 6.08. The van der Waals surface area contributed by atoms with Crippen LogP contribution in [0.25, 0.3) is 0 Å². The lowest BCUT2D eigenvalue weighted by Crippen LogP contribution is -2.35. The van der Waals surface area contributed by atoms with Crippen LogP contribution in [0.1, 0.15) is 24.3 Å². The van der Waals surface area contributed by atoms with Crippen molar-refractivity contribution in [3.05, 3.63) is 24.0 Å². The van der Waals surface area contributed by atoms with Crippen LogP contribution in [0.5, 0.6) is 0 Å². The number of ether oxygens (including phenoxy) is 1. The topological polar surface area (TPSA) is 71.8 Å². The lowest BCUT2D eigenvalue weighted by atomic mass is 10.3. The van der Waals surface area contributed by atoms with Gasteiger partial charge in [0.1, 0.15) is 12.2 Å². The standard InChI is InChI=1S/C13H20N2O4/c1-3-14(8-9-19-4-2)13(18)11-6-5-7-15(11)10-12(16)17/h5-7H,3-4,8-10H2,1-2H3,(H,16,17). The fourth-order valence-corrected chi connectivity index (χ4v) is 1.78. The van der Waals surface area contributed by atoms with Crippen molar-refractivity contribution in [3.8, 4) is 0 Å². The van der Waals surface area contributed by atoms with Crippen molar-refractivity contribution in [1.29, 1.82) is 0 Å². The highest BCUT2D eigenvalue weighted by molar-refractivity contribution is 5.93. The van der Waals surface area contributed by atoms with Crippen molar-refractivity contribution in [3.63, 3.8) is 0 Å². The van der Waals surface area contributed by atoms with Gasteiger partial charge >= 0.3 is 5.97 Å². The second-order valence-corrected chi connectivity index (χ2v) is 4.00. The summed E-state index contributed by atoms with van der Waals surface area (Å²) in [6.07, 6.45) is 1.59. The van der Waals surface area contributed by atoms with Crippen LogP contribution in [0.4, 0.5) is 0 Å². The van der Waals surface area contributed by atoms with E-state index in [9.17, 15) is 9.59 Å². The third-order valence-electron chi connectivity index (χ3n) is 2.73. The lowest BCUT2D eigenvalue weighted by Gasteiger charge is -2.21. The molecule has 0 aliphatic rings. The second kappa shape index (κ2) is 7.58. The zero-order valence-corrected chi connectivity index (χ0v) is 11.3. The molecule has 1 amide bonds. The van der Waals surface area contributed by atoms with E-state index in [0.29, 0.717) is 32.0 Å². The molecule has 0 radical (unpaired) electrons. The number of aliphatic carboxylic acids is 1. The van der Waals surface area contributed by atoms with Crippen molar-refractivity contribution in [2.45, 2.75) is 20.4 Å². The number of nitrogens with zero attached hydrogens (tertiary/aromatic N) is 2. The Morgan fingerprint density at radius 2 is 2.16 bits per heavy atom. The number of aromatic nitrogens is 1. The van der Waals surface area contributed by atoms with Crippen molar-refractivity contribution >= 4 is 11.9 Å². The van der Waals surface area contributed by atoms with Gasteiger partial charge in [0.15, 0.2) is 0 Å². The van der Waals surface area contributed by atoms with Crippen LogP contribution in [0.3, 0.4) is 0 Å². The molecule has 19 heavy (non-hydrogen) atoms. The third kappa shape index (κ3) is 4.40. The van der Waals surface area contributed by atoms with Crippen molar-refractivity contribution in [2.75, 3.05) is 26.3 Å². The zero-order valence-electron chi connectivity index (χ0n) is 11.3. The Balaban J connectivity index is 2.74. The molecule has 1 aromatic heterocycles. The summed E-state index contributed by atoms with van der Waals surface area (Å²) in [6.45, 7) is 5.73. The molecule has 1 N–H and O–H groups in total. The number of carboxylic acid groups (broad SMARTS) is 1. The quantitative estimate of drug-likeness (QED) is 0.716. The fourth-order valence-electron chi connectivity index (χ4n) is 1.78. The summed E-state index contributed by atoms with van der Waals surface area (Å²) in [5.41, 5.74) is 0.390. The van der Waals surface area contributed by atoms with Gasteiger partial charge < -0.3 is 19.3 Å². The summed E-state index contributed by atoms with van der Waals surface area (Å²) in [5, 5.41) is 8.79. The summed E-state index contributed by atoms with van der Waals surface area (Å²) < 4.78 is 6.67. The summed E-state index contributed by atoms with van der Waals surface area (Å²) in [7, 11) is 0. The van der Waals surface area contributed by atoms with Gasteiger partial charge in [-0.15, -0.1) is 0 Å². The van der Waals surface area contributed by atoms with E-state index in [1.807, 2.05) is 13.8 Å². The van der Waals surface area contributed by atoms with E-state index in [1.54, 1.807) is 23.2 Å². The van der Waals surface area contributed by atoms with Crippen LogP contribution in [0.2, 0.25) is 0 Å². The van der Waals surface area contributed by atoms with Gasteiger partial charge in [-0.05, 0) is 26.0 Å². The maximum absolute atomic E-state index is 12.3. The molecule has 0 atom stereocenters. The summed E-state index contributed by atoms with van der Waals surface area (Å²) in [5.74, 6) is -1.14. The number of likely N-dealkylation sites (N-methyl/N-ethyl adjacent to an activating group) is 1. The number of carbonyl (C=O) groups excluding carboxylic acids is 1. The zero-order chi connectivity index (χ0) is 14.3. The first-order valence-corrected chi connectivity index (χ1v) is 6.34. The molecule has 0 fully saturated rings.